The van der Waals surface area contributed by atoms with Gasteiger partial charge in [0.15, 0.2) is 29.8 Å². The van der Waals surface area contributed by atoms with Gasteiger partial charge in [0.05, 0.1) is 32.3 Å². The first-order valence-electron chi connectivity index (χ1n) is 13.3. The number of aliphatic hydroxyl groups excluding tert-OH is 2. The van der Waals surface area contributed by atoms with Gasteiger partial charge in [0, 0.05) is 11.8 Å². The molecule has 10 atom stereocenters. The van der Waals surface area contributed by atoms with E-state index in [-0.39, 0.29) is 25.8 Å². The number of benzene rings is 1. The molecule has 0 bridgehead atoms. The minimum Gasteiger partial charge on any atom is -0.492 e. The number of methoxy groups -OCH3 is 1. The Morgan fingerprint density at radius 3 is 2.44 bits per heavy atom. The molecule has 1 aromatic rings. The molecule has 3 fully saturated rings. The molecule has 6 aliphatic rings. The van der Waals surface area contributed by atoms with Crippen molar-refractivity contribution in [1.82, 2.24) is 0 Å². The van der Waals surface area contributed by atoms with Crippen molar-refractivity contribution in [2.75, 3.05) is 27.1 Å². The molecule has 218 valence electrons. The van der Waals surface area contributed by atoms with Crippen LogP contribution in [0, 0.1) is 11.8 Å². The van der Waals surface area contributed by atoms with Crippen molar-refractivity contribution in [1.29, 1.82) is 0 Å². The van der Waals surface area contributed by atoms with E-state index >= 15 is 0 Å². The van der Waals surface area contributed by atoms with Gasteiger partial charge in [0.2, 0.25) is 12.6 Å². The molecule has 4 aliphatic heterocycles. The third-order valence-corrected chi connectivity index (χ3v) is 8.51. The Kier molecular flexibility index (Phi) is 6.41. The summed E-state index contributed by atoms with van der Waals surface area (Å²) in [6, 6.07) is 3.45. The van der Waals surface area contributed by atoms with Crippen LogP contribution in [0.25, 0.3) is 0 Å². The summed E-state index contributed by atoms with van der Waals surface area (Å²) < 4.78 is 45.5. The molecule has 7 rings (SSSR count). The number of fused-ring (bicyclic) bond motifs is 4. The Labute approximate surface area is 233 Å². The number of hydrogen-bond donors (Lipinski definition) is 2. The van der Waals surface area contributed by atoms with E-state index in [9.17, 15) is 24.6 Å². The summed E-state index contributed by atoms with van der Waals surface area (Å²) in [5, 5.41) is 21.8. The van der Waals surface area contributed by atoms with Crippen LogP contribution in [-0.2, 0) is 42.8 Å². The third kappa shape index (κ3) is 4.18. The second-order valence-electron chi connectivity index (χ2n) is 10.8. The second-order valence-corrected chi connectivity index (χ2v) is 10.8. The third-order valence-electron chi connectivity index (χ3n) is 8.51. The lowest BCUT2D eigenvalue weighted by Gasteiger charge is -2.47. The molecule has 2 N–H and O–H groups in total. The monoisotopic (exact) mass is 572 g/mol. The van der Waals surface area contributed by atoms with Crippen molar-refractivity contribution in [3.8, 4) is 11.5 Å². The fraction of sp³-hybridized carbons (Fsp3) is 0.536. The van der Waals surface area contributed by atoms with Gasteiger partial charge >= 0.3 is 5.97 Å². The summed E-state index contributed by atoms with van der Waals surface area (Å²) in [6.45, 7) is 1.79. The highest BCUT2D eigenvalue weighted by Crippen LogP contribution is 2.56. The molecule has 41 heavy (non-hydrogen) atoms. The van der Waals surface area contributed by atoms with Crippen molar-refractivity contribution in [3.63, 3.8) is 0 Å². The van der Waals surface area contributed by atoms with Crippen LogP contribution in [0.15, 0.2) is 35.6 Å². The number of carbonyl (C=O) groups excluding carboxylic acids is 3. The maximum Gasteiger partial charge on any atom is 0.310 e. The van der Waals surface area contributed by atoms with Gasteiger partial charge in [-0.05, 0) is 47.9 Å². The smallest absolute Gasteiger partial charge is 0.310 e. The van der Waals surface area contributed by atoms with Crippen LogP contribution < -0.4 is 9.47 Å². The average Bonchev–Trinajstić information content (AvgIpc) is 3.58. The number of hydrogen-bond acceptors (Lipinski definition) is 13. The Balaban J connectivity index is 1.30. The van der Waals surface area contributed by atoms with E-state index in [0.29, 0.717) is 28.2 Å². The fourth-order valence-electron chi connectivity index (χ4n) is 6.57. The Morgan fingerprint density at radius 2 is 1.68 bits per heavy atom. The average molecular weight is 573 g/mol. The zero-order valence-electron chi connectivity index (χ0n) is 22.1. The molecule has 1 aromatic carbocycles. The Bertz CT molecular complexity index is 1360. The van der Waals surface area contributed by atoms with E-state index in [1.807, 2.05) is 0 Å². The second kappa shape index (κ2) is 9.89. The molecule has 0 amide bonds. The number of cyclic esters (lactones) is 1. The van der Waals surface area contributed by atoms with Gasteiger partial charge in [0.25, 0.3) is 5.78 Å². The molecular formula is C28H28O13. The summed E-state index contributed by atoms with van der Waals surface area (Å²) in [6.07, 6.45) is -4.35. The van der Waals surface area contributed by atoms with Crippen molar-refractivity contribution < 1.29 is 62.5 Å². The highest BCUT2D eigenvalue weighted by Gasteiger charge is 2.56. The predicted molar refractivity (Wildman–Crippen MR) is 131 cm³/mol. The largest absolute Gasteiger partial charge is 0.492 e. The van der Waals surface area contributed by atoms with Crippen LogP contribution in [0.5, 0.6) is 11.5 Å². The minimum absolute atomic E-state index is 0.00907. The van der Waals surface area contributed by atoms with Crippen molar-refractivity contribution in [2.24, 2.45) is 11.8 Å². The van der Waals surface area contributed by atoms with E-state index in [1.54, 1.807) is 19.1 Å². The first-order valence-corrected chi connectivity index (χ1v) is 13.3. The number of carbonyl (C=O) groups is 3. The summed E-state index contributed by atoms with van der Waals surface area (Å²) in [5.41, 5.74) is 1.58. The van der Waals surface area contributed by atoms with Gasteiger partial charge in [-0.15, -0.1) is 0 Å². The van der Waals surface area contributed by atoms with E-state index in [4.69, 9.17) is 37.9 Å². The zero-order chi connectivity index (χ0) is 28.6. The van der Waals surface area contributed by atoms with E-state index < -0.39 is 78.4 Å². The number of aliphatic hydroxyl groups is 2. The molecule has 0 saturated carbocycles. The fourth-order valence-corrected chi connectivity index (χ4v) is 6.57. The van der Waals surface area contributed by atoms with Gasteiger partial charge in [-0.3, -0.25) is 14.4 Å². The first kappa shape index (κ1) is 26.6. The zero-order valence-corrected chi connectivity index (χ0v) is 22.1. The summed E-state index contributed by atoms with van der Waals surface area (Å²) in [5.74, 6) is -3.43. The highest BCUT2D eigenvalue weighted by atomic mass is 16.8. The standard InChI is InChI=1S/C28H28O13/c1-10-35-8-19-26(39-10)23(31)24(32)28(40-19)41-25-13-6-17-16(37-9-38-17)5-12(13)20(21-14(25)7-36-27(21)33)11-3-15(29)22(30)18(4-11)34-2/h3-6,10,14,19-21,23-26,28,31-32H,7-9H2,1-2H3/t10-,14-,19-,20-,21+,23-,24-,25+,26-,28+/m1/s1. The van der Waals surface area contributed by atoms with Crippen LogP contribution in [0.1, 0.15) is 30.1 Å². The van der Waals surface area contributed by atoms with Crippen LogP contribution in [0.2, 0.25) is 0 Å². The number of esters is 1. The van der Waals surface area contributed by atoms with Gasteiger partial charge in [-0.25, -0.2) is 0 Å². The highest BCUT2D eigenvalue weighted by molar-refractivity contribution is 6.47. The summed E-state index contributed by atoms with van der Waals surface area (Å²) in [7, 11) is 1.29. The summed E-state index contributed by atoms with van der Waals surface area (Å²) in [4.78, 5) is 38.2. The SMILES string of the molecule is COC1=CC([C@@H]2c3cc4c(cc3[C@H](O[C@@H]3O[C@@H]5CO[C@@H](C)O[C@H]5[C@H](O)[C@H]3O)[C@@H]3COC(=O)[C@@H]32)OCO4)=CC(=O)C1=O. The molecule has 0 unspecified atom stereocenters. The van der Waals surface area contributed by atoms with Gasteiger partial charge in [-0.1, -0.05) is 0 Å². The van der Waals surface area contributed by atoms with Crippen LogP contribution in [-0.4, -0.2) is 91.9 Å². The molecule has 4 heterocycles. The normalized spacial score (nSPS) is 39.3. The summed E-state index contributed by atoms with van der Waals surface area (Å²) >= 11 is 0. The van der Waals surface area contributed by atoms with Crippen LogP contribution in [0.3, 0.4) is 0 Å². The van der Waals surface area contributed by atoms with Crippen LogP contribution in [0.4, 0.5) is 0 Å². The van der Waals surface area contributed by atoms with Gasteiger partial charge in [-0.2, -0.15) is 0 Å². The number of ketones is 2. The Hall–Kier alpha value is -3.33. The van der Waals surface area contributed by atoms with Crippen molar-refractivity contribution in [2.45, 2.75) is 55.9 Å². The van der Waals surface area contributed by atoms with Crippen molar-refractivity contribution in [3.05, 3.63) is 46.7 Å². The molecule has 2 aliphatic carbocycles. The first-order chi connectivity index (χ1) is 19.7. The van der Waals surface area contributed by atoms with E-state index in [2.05, 4.69) is 0 Å². The van der Waals surface area contributed by atoms with Crippen LogP contribution >= 0.6 is 0 Å². The quantitative estimate of drug-likeness (QED) is 0.285. The molecular weight excluding hydrogens is 544 g/mol. The molecule has 0 aromatic heterocycles. The minimum atomic E-state index is -1.47. The number of rotatable bonds is 4. The predicted octanol–water partition coefficient (Wildman–Crippen LogP) is 0.176. The molecule has 13 heteroatoms. The molecule has 3 saturated heterocycles. The number of Topliss-reactive ketones (excluding diaryl/α,β-unsaturated/α-hetero) is 1. The van der Waals surface area contributed by atoms with Crippen molar-refractivity contribution >= 4 is 17.5 Å². The number of allylic oxidation sites excluding steroid dienone is 4. The lowest BCUT2D eigenvalue weighted by Crippen LogP contribution is -2.63. The Morgan fingerprint density at radius 1 is 0.927 bits per heavy atom. The maximum absolute atomic E-state index is 13.3. The van der Waals surface area contributed by atoms with E-state index in [0.717, 1.165) is 0 Å². The molecule has 0 spiro atoms. The lowest BCUT2D eigenvalue weighted by molar-refractivity contribution is -0.364. The van der Waals surface area contributed by atoms with Gasteiger partial charge in [0.1, 0.15) is 24.4 Å². The number of ether oxygens (including phenoxy) is 8. The van der Waals surface area contributed by atoms with Gasteiger partial charge < -0.3 is 48.1 Å². The lowest BCUT2D eigenvalue weighted by atomic mass is 9.65. The maximum atomic E-state index is 13.3. The molecule has 13 nitrogen and oxygen atoms in total. The molecule has 0 radical (unpaired) electrons. The topological polar surface area (TPSA) is 166 Å². The van der Waals surface area contributed by atoms with E-state index in [1.165, 1.54) is 19.3 Å².